The van der Waals surface area contributed by atoms with Crippen molar-refractivity contribution in [3.8, 4) is 0 Å². The van der Waals surface area contributed by atoms with Crippen LogP contribution in [0.3, 0.4) is 0 Å². The van der Waals surface area contributed by atoms with Crippen LogP contribution in [0.5, 0.6) is 0 Å². The van der Waals surface area contributed by atoms with E-state index in [4.69, 9.17) is 0 Å². The lowest BCUT2D eigenvalue weighted by atomic mass is 10.2. The van der Waals surface area contributed by atoms with Crippen molar-refractivity contribution in [1.29, 1.82) is 0 Å². The molecule has 1 aromatic carbocycles. The molecule has 20 heavy (non-hydrogen) atoms. The summed E-state index contributed by atoms with van der Waals surface area (Å²) in [4.78, 5) is 8.60. The van der Waals surface area contributed by atoms with Crippen molar-refractivity contribution in [3.05, 3.63) is 82.6 Å². The molecule has 4 heteroatoms. The van der Waals surface area contributed by atoms with E-state index in [0.717, 1.165) is 23.3 Å². The lowest BCUT2D eigenvalue weighted by molar-refractivity contribution is 0.739. The number of rotatable bonds is 4. The molecule has 3 aromatic rings. The summed E-state index contributed by atoms with van der Waals surface area (Å²) in [5.74, 6) is 1.05. The van der Waals surface area contributed by atoms with Crippen molar-refractivity contribution in [2.24, 2.45) is 0 Å². The molecule has 0 amide bonds. The van der Waals surface area contributed by atoms with E-state index < -0.39 is 0 Å². The third-order valence-corrected chi connectivity index (χ3v) is 3.62. The number of nitrogens with zero attached hydrogens (tertiary/aromatic N) is 3. The fourth-order valence-electron chi connectivity index (χ4n) is 2.17. The van der Waals surface area contributed by atoms with Gasteiger partial charge in [0.15, 0.2) is 0 Å². The summed E-state index contributed by atoms with van der Waals surface area (Å²) < 4.78 is 3.28. The van der Waals surface area contributed by atoms with Crippen LogP contribution in [0.1, 0.15) is 17.0 Å². The van der Waals surface area contributed by atoms with Gasteiger partial charge in [0.1, 0.15) is 5.82 Å². The fraction of sp³-hybridized carbons (Fsp3) is 0.125. The van der Waals surface area contributed by atoms with E-state index in [2.05, 4.69) is 54.7 Å². The Labute approximate surface area is 126 Å². The quantitative estimate of drug-likeness (QED) is 0.731. The standard InChI is InChI=1S/C16H14BrN3/c17-15-5-1-3-14(9-15)12-20-8-7-19-16(20)10-13-4-2-6-18-11-13/h1-9,11H,10,12H2. The molecule has 0 saturated carbocycles. The van der Waals surface area contributed by atoms with Gasteiger partial charge >= 0.3 is 0 Å². The summed E-state index contributed by atoms with van der Waals surface area (Å²) in [6, 6.07) is 12.4. The number of halogens is 1. The molecular formula is C16H14BrN3. The SMILES string of the molecule is Brc1cccc(Cn2ccnc2Cc2cccnc2)c1. The van der Waals surface area contributed by atoms with Gasteiger partial charge in [0.05, 0.1) is 0 Å². The summed E-state index contributed by atoms with van der Waals surface area (Å²) in [5.41, 5.74) is 2.43. The Morgan fingerprint density at radius 3 is 2.75 bits per heavy atom. The molecular weight excluding hydrogens is 314 g/mol. The average Bonchev–Trinajstić information content (AvgIpc) is 2.87. The Morgan fingerprint density at radius 2 is 1.95 bits per heavy atom. The predicted octanol–water partition coefficient (Wildman–Crippen LogP) is 3.68. The van der Waals surface area contributed by atoms with Crippen molar-refractivity contribution in [2.45, 2.75) is 13.0 Å². The molecule has 2 heterocycles. The van der Waals surface area contributed by atoms with Crippen molar-refractivity contribution >= 4 is 15.9 Å². The largest absolute Gasteiger partial charge is 0.330 e. The first-order valence-electron chi connectivity index (χ1n) is 6.44. The lowest BCUT2D eigenvalue weighted by Gasteiger charge is -2.08. The number of pyridine rings is 1. The Kier molecular flexibility index (Phi) is 3.92. The van der Waals surface area contributed by atoms with Gasteiger partial charge in [0.2, 0.25) is 0 Å². The van der Waals surface area contributed by atoms with E-state index in [0.29, 0.717) is 0 Å². The number of imidazole rings is 1. The number of hydrogen-bond acceptors (Lipinski definition) is 2. The molecule has 0 bridgehead atoms. The summed E-state index contributed by atoms with van der Waals surface area (Å²) in [6.45, 7) is 0.828. The molecule has 0 unspecified atom stereocenters. The third-order valence-electron chi connectivity index (χ3n) is 3.13. The summed E-state index contributed by atoms with van der Waals surface area (Å²) in [6.07, 6.45) is 8.35. The fourth-order valence-corrected chi connectivity index (χ4v) is 2.62. The Balaban J connectivity index is 1.80. The van der Waals surface area contributed by atoms with Crippen molar-refractivity contribution in [3.63, 3.8) is 0 Å². The van der Waals surface area contributed by atoms with Crippen molar-refractivity contribution in [2.75, 3.05) is 0 Å². The minimum Gasteiger partial charge on any atom is -0.330 e. The lowest BCUT2D eigenvalue weighted by Crippen LogP contribution is -2.05. The van der Waals surface area contributed by atoms with Crippen molar-refractivity contribution in [1.82, 2.24) is 14.5 Å². The van der Waals surface area contributed by atoms with Crippen LogP contribution in [0.4, 0.5) is 0 Å². The maximum atomic E-state index is 4.45. The molecule has 0 N–H and O–H groups in total. The minimum absolute atomic E-state index is 0.800. The monoisotopic (exact) mass is 327 g/mol. The molecule has 0 aliphatic rings. The van der Waals surface area contributed by atoms with Crippen LogP contribution in [0, 0.1) is 0 Å². The van der Waals surface area contributed by atoms with Gasteiger partial charge in [-0.15, -0.1) is 0 Å². The highest BCUT2D eigenvalue weighted by atomic mass is 79.9. The highest BCUT2D eigenvalue weighted by molar-refractivity contribution is 9.10. The van der Waals surface area contributed by atoms with E-state index in [1.807, 2.05) is 30.7 Å². The predicted molar refractivity (Wildman–Crippen MR) is 82.5 cm³/mol. The van der Waals surface area contributed by atoms with E-state index in [-0.39, 0.29) is 0 Å². The molecule has 2 aromatic heterocycles. The van der Waals surface area contributed by atoms with Crippen LogP contribution < -0.4 is 0 Å². The Bertz CT molecular complexity index is 692. The van der Waals surface area contributed by atoms with Crippen LogP contribution in [-0.4, -0.2) is 14.5 Å². The normalized spacial score (nSPS) is 10.7. The maximum Gasteiger partial charge on any atom is 0.113 e. The van der Waals surface area contributed by atoms with E-state index in [1.54, 1.807) is 6.20 Å². The molecule has 0 atom stereocenters. The summed E-state index contributed by atoms with van der Waals surface area (Å²) in [5, 5.41) is 0. The van der Waals surface area contributed by atoms with Gasteiger partial charge in [0.25, 0.3) is 0 Å². The minimum atomic E-state index is 0.800. The van der Waals surface area contributed by atoms with Gasteiger partial charge in [-0.1, -0.05) is 34.1 Å². The van der Waals surface area contributed by atoms with Crippen LogP contribution in [-0.2, 0) is 13.0 Å². The van der Waals surface area contributed by atoms with E-state index >= 15 is 0 Å². The zero-order chi connectivity index (χ0) is 13.8. The highest BCUT2D eigenvalue weighted by Crippen LogP contribution is 2.14. The molecule has 100 valence electrons. The van der Waals surface area contributed by atoms with Crippen LogP contribution >= 0.6 is 15.9 Å². The molecule has 3 rings (SSSR count). The van der Waals surface area contributed by atoms with Crippen LogP contribution in [0.15, 0.2) is 65.7 Å². The topological polar surface area (TPSA) is 30.7 Å². The molecule has 0 saturated heterocycles. The van der Waals surface area contributed by atoms with Gasteiger partial charge in [-0.25, -0.2) is 4.98 Å². The van der Waals surface area contributed by atoms with E-state index in [1.165, 1.54) is 11.1 Å². The number of hydrogen-bond donors (Lipinski definition) is 0. The summed E-state index contributed by atoms with van der Waals surface area (Å²) in [7, 11) is 0. The second-order valence-electron chi connectivity index (χ2n) is 4.64. The van der Waals surface area contributed by atoms with Crippen LogP contribution in [0.25, 0.3) is 0 Å². The smallest absolute Gasteiger partial charge is 0.113 e. The zero-order valence-electron chi connectivity index (χ0n) is 10.9. The first-order chi connectivity index (χ1) is 9.81. The Hall–Kier alpha value is -1.94. The second-order valence-corrected chi connectivity index (χ2v) is 5.56. The first-order valence-corrected chi connectivity index (χ1v) is 7.24. The number of aromatic nitrogens is 3. The number of benzene rings is 1. The van der Waals surface area contributed by atoms with Crippen molar-refractivity contribution < 1.29 is 0 Å². The van der Waals surface area contributed by atoms with Gasteiger partial charge in [-0.2, -0.15) is 0 Å². The molecule has 0 radical (unpaired) electrons. The molecule has 0 fully saturated rings. The zero-order valence-corrected chi connectivity index (χ0v) is 12.5. The Morgan fingerprint density at radius 1 is 1.05 bits per heavy atom. The van der Waals surface area contributed by atoms with Gasteiger partial charge in [-0.3, -0.25) is 4.98 Å². The molecule has 3 nitrogen and oxygen atoms in total. The van der Waals surface area contributed by atoms with Gasteiger partial charge < -0.3 is 4.57 Å². The van der Waals surface area contributed by atoms with E-state index in [9.17, 15) is 0 Å². The van der Waals surface area contributed by atoms with Gasteiger partial charge in [-0.05, 0) is 29.3 Å². The van der Waals surface area contributed by atoms with Gasteiger partial charge in [0, 0.05) is 42.2 Å². The van der Waals surface area contributed by atoms with Crippen LogP contribution in [0.2, 0.25) is 0 Å². The molecule has 0 aliphatic carbocycles. The second kappa shape index (κ2) is 6.01. The average molecular weight is 328 g/mol. The first kappa shape index (κ1) is 13.1. The highest BCUT2D eigenvalue weighted by Gasteiger charge is 2.05. The maximum absolute atomic E-state index is 4.45. The molecule has 0 aliphatic heterocycles. The summed E-state index contributed by atoms with van der Waals surface area (Å²) >= 11 is 3.51. The third kappa shape index (κ3) is 3.14. The molecule has 0 spiro atoms.